The zero-order valence-corrected chi connectivity index (χ0v) is 9.97. The van der Waals surface area contributed by atoms with Crippen LogP contribution in [0.3, 0.4) is 0 Å². The fourth-order valence-corrected chi connectivity index (χ4v) is 2.16. The summed E-state index contributed by atoms with van der Waals surface area (Å²) in [6.45, 7) is 0.762. The van der Waals surface area contributed by atoms with Crippen molar-refractivity contribution >= 4 is 11.5 Å². The van der Waals surface area contributed by atoms with Crippen molar-refractivity contribution in [3.8, 4) is 5.75 Å². The van der Waals surface area contributed by atoms with Gasteiger partial charge in [-0.1, -0.05) is 18.2 Å². The molecule has 2 aromatic rings. The molecule has 1 aliphatic rings. The average Bonchev–Trinajstić information content (AvgIpc) is 2.79. The lowest BCUT2D eigenvalue weighted by molar-refractivity contribution is 0.246. The lowest BCUT2D eigenvalue weighted by atomic mass is 10.1. The Labute approximate surface area is 106 Å². The molecule has 4 heteroatoms. The lowest BCUT2D eigenvalue weighted by Crippen LogP contribution is -2.24. The first-order valence-electron chi connectivity index (χ1n) is 6.01. The molecule has 3 rings (SSSR count). The Hall–Kier alpha value is -2.23. The average molecular weight is 241 g/mol. The van der Waals surface area contributed by atoms with Crippen LogP contribution in [0.25, 0.3) is 0 Å². The molecule has 4 nitrogen and oxygen atoms in total. The highest BCUT2D eigenvalue weighted by molar-refractivity contribution is 5.50. The number of pyridine rings is 1. The molecule has 1 aromatic carbocycles. The third-order valence-electron chi connectivity index (χ3n) is 3.03. The molecule has 18 heavy (non-hydrogen) atoms. The van der Waals surface area contributed by atoms with E-state index in [0.29, 0.717) is 5.82 Å². The molecular formula is C14H15N3O. The summed E-state index contributed by atoms with van der Waals surface area (Å²) < 4.78 is 5.85. The number of nitrogens with one attached hydrogen (secondary N) is 1. The summed E-state index contributed by atoms with van der Waals surface area (Å²) in [5.74, 6) is 1.52. The van der Waals surface area contributed by atoms with Crippen molar-refractivity contribution in [1.82, 2.24) is 4.98 Å². The first kappa shape index (κ1) is 10.9. The highest BCUT2D eigenvalue weighted by atomic mass is 16.5. The molecule has 0 bridgehead atoms. The van der Waals surface area contributed by atoms with Crippen molar-refractivity contribution < 1.29 is 4.74 Å². The van der Waals surface area contributed by atoms with Crippen LogP contribution in [0.1, 0.15) is 5.56 Å². The van der Waals surface area contributed by atoms with Crippen LogP contribution in [0.2, 0.25) is 0 Å². The molecule has 0 spiro atoms. The molecule has 2 heterocycles. The predicted molar refractivity (Wildman–Crippen MR) is 71.7 cm³/mol. The number of ether oxygens (including phenoxy) is 1. The highest BCUT2D eigenvalue weighted by Crippen LogP contribution is 2.28. The predicted octanol–water partition coefficient (Wildman–Crippen LogP) is 2.08. The number of hydrogen-bond donors (Lipinski definition) is 2. The minimum Gasteiger partial charge on any atom is -0.488 e. The van der Waals surface area contributed by atoms with E-state index in [1.54, 1.807) is 6.20 Å². The van der Waals surface area contributed by atoms with Crippen molar-refractivity contribution in [1.29, 1.82) is 0 Å². The summed E-state index contributed by atoms with van der Waals surface area (Å²) in [5.41, 5.74) is 7.88. The number of para-hydroxylation sites is 1. The van der Waals surface area contributed by atoms with Crippen LogP contribution in [0.15, 0.2) is 42.6 Å². The van der Waals surface area contributed by atoms with Gasteiger partial charge in [0.2, 0.25) is 0 Å². The van der Waals surface area contributed by atoms with E-state index in [2.05, 4.69) is 16.4 Å². The largest absolute Gasteiger partial charge is 0.488 e. The van der Waals surface area contributed by atoms with Gasteiger partial charge in [0.15, 0.2) is 0 Å². The van der Waals surface area contributed by atoms with E-state index < -0.39 is 0 Å². The van der Waals surface area contributed by atoms with Gasteiger partial charge in [-0.05, 0) is 17.7 Å². The van der Waals surface area contributed by atoms with Crippen LogP contribution >= 0.6 is 0 Å². The molecule has 0 saturated heterocycles. The second-order valence-electron chi connectivity index (χ2n) is 4.40. The molecule has 1 atom stereocenters. The van der Waals surface area contributed by atoms with Gasteiger partial charge in [-0.15, -0.1) is 0 Å². The topological polar surface area (TPSA) is 60.2 Å². The smallest absolute Gasteiger partial charge is 0.125 e. The van der Waals surface area contributed by atoms with E-state index in [1.807, 2.05) is 30.3 Å². The van der Waals surface area contributed by atoms with Gasteiger partial charge in [-0.2, -0.15) is 0 Å². The normalized spacial score (nSPS) is 17.0. The van der Waals surface area contributed by atoms with Crippen molar-refractivity contribution in [2.24, 2.45) is 0 Å². The van der Waals surface area contributed by atoms with Crippen LogP contribution in [0, 0.1) is 0 Å². The Morgan fingerprint density at radius 2 is 2.22 bits per heavy atom. The van der Waals surface area contributed by atoms with Gasteiger partial charge < -0.3 is 15.8 Å². The van der Waals surface area contributed by atoms with E-state index in [1.165, 1.54) is 5.56 Å². The minimum atomic E-state index is 0.178. The number of fused-ring (bicyclic) bond motifs is 1. The van der Waals surface area contributed by atoms with Crippen LogP contribution < -0.4 is 15.8 Å². The third-order valence-corrected chi connectivity index (χ3v) is 3.03. The summed E-state index contributed by atoms with van der Waals surface area (Å²) >= 11 is 0. The minimum absolute atomic E-state index is 0.178. The highest BCUT2D eigenvalue weighted by Gasteiger charge is 2.21. The second-order valence-corrected chi connectivity index (χ2v) is 4.40. The van der Waals surface area contributed by atoms with Crippen LogP contribution in [-0.4, -0.2) is 17.6 Å². The number of nitrogen functional groups attached to an aromatic ring is 1. The van der Waals surface area contributed by atoms with Crippen LogP contribution in [-0.2, 0) is 6.42 Å². The monoisotopic (exact) mass is 241 g/mol. The Balaban J connectivity index is 1.60. The van der Waals surface area contributed by atoms with Gasteiger partial charge in [0.05, 0.1) is 6.54 Å². The summed E-state index contributed by atoms with van der Waals surface area (Å²) in [5, 5.41) is 3.32. The van der Waals surface area contributed by atoms with Gasteiger partial charge >= 0.3 is 0 Å². The number of benzene rings is 1. The maximum Gasteiger partial charge on any atom is 0.125 e. The van der Waals surface area contributed by atoms with Crippen molar-refractivity contribution in [2.75, 3.05) is 17.6 Å². The van der Waals surface area contributed by atoms with E-state index in [-0.39, 0.29) is 6.10 Å². The number of nitrogens with two attached hydrogens (primary N) is 1. The lowest BCUT2D eigenvalue weighted by Gasteiger charge is -2.12. The molecule has 0 radical (unpaired) electrons. The maximum atomic E-state index is 5.85. The standard InChI is InChI=1S/C14H15N3O/c15-14-8-11(5-6-16-14)17-9-12-7-10-3-1-2-4-13(10)18-12/h1-6,8,12H,7,9H2,(H3,15,16,17). The van der Waals surface area contributed by atoms with Crippen molar-refractivity contribution in [2.45, 2.75) is 12.5 Å². The molecule has 0 amide bonds. The number of aromatic nitrogens is 1. The van der Waals surface area contributed by atoms with Gasteiger partial charge in [0.25, 0.3) is 0 Å². The fourth-order valence-electron chi connectivity index (χ4n) is 2.16. The molecule has 0 fully saturated rings. The van der Waals surface area contributed by atoms with Gasteiger partial charge in [-0.3, -0.25) is 0 Å². The van der Waals surface area contributed by atoms with Crippen LogP contribution in [0.5, 0.6) is 5.75 Å². The number of nitrogens with zero attached hydrogens (tertiary/aromatic N) is 1. The number of anilines is 2. The first-order valence-corrected chi connectivity index (χ1v) is 6.01. The summed E-state index contributed by atoms with van der Waals surface area (Å²) in [7, 11) is 0. The van der Waals surface area contributed by atoms with E-state index in [9.17, 15) is 0 Å². The molecule has 1 unspecified atom stereocenters. The molecule has 1 aliphatic heterocycles. The summed E-state index contributed by atoms with van der Waals surface area (Å²) in [6.07, 6.45) is 2.82. The second kappa shape index (κ2) is 4.56. The Bertz CT molecular complexity index is 531. The van der Waals surface area contributed by atoms with E-state index in [4.69, 9.17) is 10.5 Å². The Kier molecular flexibility index (Phi) is 2.76. The molecule has 0 aliphatic carbocycles. The zero-order valence-electron chi connectivity index (χ0n) is 9.97. The van der Waals surface area contributed by atoms with E-state index >= 15 is 0 Å². The third kappa shape index (κ3) is 2.22. The first-order chi connectivity index (χ1) is 8.81. The SMILES string of the molecule is Nc1cc(NCC2Cc3ccccc3O2)ccn1. The quantitative estimate of drug-likeness (QED) is 0.863. The number of hydrogen-bond acceptors (Lipinski definition) is 4. The summed E-state index contributed by atoms with van der Waals surface area (Å²) in [6, 6.07) is 11.9. The molecule has 3 N–H and O–H groups in total. The molecule has 0 saturated carbocycles. The Morgan fingerprint density at radius 1 is 1.33 bits per heavy atom. The number of rotatable bonds is 3. The maximum absolute atomic E-state index is 5.85. The summed E-state index contributed by atoms with van der Waals surface area (Å²) in [4.78, 5) is 3.96. The zero-order chi connectivity index (χ0) is 12.4. The van der Waals surface area contributed by atoms with Crippen molar-refractivity contribution in [3.63, 3.8) is 0 Å². The van der Waals surface area contributed by atoms with Gasteiger partial charge in [-0.25, -0.2) is 4.98 Å². The van der Waals surface area contributed by atoms with E-state index in [0.717, 1.165) is 24.4 Å². The molecule has 92 valence electrons. The van der Waals surface area contributed by atoms with Crippen LogP contribution in [0.4, 0.5) is 11.5 Å². The van der Waals surface area contributed by atoms with Gasteiger partial charge in [0, 0.05) is 24.4 Å². The van der Waals surface area contributed by atoms with Gasteiger partial charge in [0.1, 0.15) is 17.7 Å². The molecule has 1 aromatic heterocycles. The van der Waals surface area contributed by atoms with Crippen molar-refractivity contribution in [3.05, 3.63) is 48.2 Å². The Morgan fingerprint density at radius 3 is 3.06 bits per heavy atom. The fraction of sp³-hybridized carbons (Fsp3) is 0.214. The molecular weight excluding hydrogens is 226 g/mol.